The van der Waals surface area contributed by atoms with Gasteiger partial charge in [0.15, 0.2) is 4.80 Å². The number of esters is 2. The Bertz CT molecular complexity index is 1970. The molecule has 1 N–H and O–H groups in total. The van der Waals surface area contributed by atoms with E-state index < -0.39 is 23.9 Å². The number of carboxylic acids is 1. The smallest absolute Gasteiger partial charge is 0.379 e. The van der Waals surface area contributed by atoms with Crippen molar-refractivity contribution in [1.82, 2.24) is 4.57 Å². The quantitative estimate of drug-likeness (QED) is 0.161. The number of nitrogens with zero attached hydrogens (tertiary/aromatic N) is 2. The summed E-state index contributed by atoms with van der Waals surface area (Å²) in [5.41, 5.74) is 1.53. The van der Waals surface area contributed by atoms with Gasteiger partial charge in [-0.2, -0.15) is 0 Å². The van der Waals surface area contributed by atoms with Crippen LogP contribution in [0.5, 0.6) is 17.2 Å². The highest BCUT2D eigenvalue weighted by molar-refractivity contribution is 7.07. The predicted octanol–water partition coefficient (Wildman–Crippen LogP) is 3.88. The van der Waals surface area contributed by atoms with E-state index in [4.69, 9.17) is 33.3 Å². The molecule has 0 saturated carbocycles. The SMILES string of the molecule is C=CCOC(=O)C1=C(C)N=c2s/c(=C/c3ccc(OC)cc3OC)c(=O)n2C1c1ccc(OC(=O)c2ccco2)cc1.CC(=O)O. The van der Waals surface area contributed by atoms with E-state index in [9.17, 15) is 14.4 Å². The number of fused-ring (bicyclic) bond motifs is 1. The highest BCUT2D eigenvalue weighted by atomic mass is 32.1. The molecular weight excluding hydrogens is 616 g/mol. The predicted molar refractivity (Wildman–Crippen MR) is 168 cm³/mol. The van der Waals surface area contributed by atoms with Gasteiger partial charge in [0.25, 0.3) is 11.5 Å². The van der Waals surface area contributed by atoms with Crippen LogP contribution < -0.4 is 29.1 Å². The molecule has 0 fully saturated rings. The number of methoxy groups -OCH3 is 2. The van der Waals surface area contributed by atoms with Crippen molar-refractivity contribution in [2.45, 2.75) is 19.9 Å². The van der Waals surface area contributed by atoms with E-state index in [0.29, 0.717) is 37.7 Å². The fourth-order valence-corrected chi connectivity index (χ4v) is 5.50. The van der Waals surface area contributed by atoms with Gasteiger partial charge in [-0.25, -0.2) is 14.6 Å². The first kappa shape index (κ1) is 33.2. The molecule has 0 aliphatic carbocycles. The number of aromatic nitrogens is 1. The molecule has 13 heteroatoms. The van der Waals surface area contributed by atoms with E-state index in [0.717, 1.165) is 6.92 Å². The van der Waals surface area contributed by atoms with Crippen molar-refractivity contribution in [3.63, 3.8) is 0 Å². The van der Waals surface area contributed by atoms with Gasteiger partial charge in [0.05, 0.1) is 42.3 Å². The Balaban J connectivity index is 0.00000113. The first-order valence-corrected chi connectivity index (χ1v) is 14.5. The van der Waals surface area contributed by atoms with Gasteiger partial charge < -0.3 is 28.5 Å². The van der Waals surface area contributed by atoms with Gasteiger partial charge in [-0.15, -0.1) is 0 Å². The normalized spacial score (nSPS) is 13.8. The van der Waals surface area contributed by atoms with Crippen molar-refractivity contribution in [2.24, 2.45) is 4.99 Å². The molecule has 0 saturated heterocycles. The first-order chi connectivity index (χ1) is 22.1. The standard InChI is InChI=1S/C31H26N2O8S.C2H4O2/c1-5-14-40-30(36)26-18(2)32-31-33(28(34)25(42-31)16-20-10-13-22(37-3)17-24(20)38-4)27(26)19-8-11-21(12-9-19)41-29(35)23-7-6-15-39-23;1-2(3)4/h5-13,15-17,27H,1,14H2,2-4H3;1H3,(H,3,4)/b25-16+;. The molecule has 1 aliphatic heterocycles. The van der Waals surface area contributed by atoms with Gasteiger partial charge in [-0.1, -0.05) is 36.1 Å². The number of allylic oxidation sites excluding steroid dienone is 1. The zero-order valence-corrected chi connectivity index (χ0v) is 26.2. The summed E-state index contributed by atoms with van der Waals surface area (Å²) in [5, 5.41) is 7.42. The molecule has 12 nitrogen and oxygen atoms in total. The Kier molecular flexibility index (Phi) is 10.7. The van der Waals surface area contributed by atoms with Crippen molar-refractivity contribution in [3.05, 3.63) is 121 Å². The average Bonchev–Trinajstić information content (AvgIpc) is 3.68. The second kappa shape index (κ2) is 14.9. The van der Waals surface area contributed by atoms with Crippen LogP contribution in [0.4, 0.5) is 0 Å². The summed E-state index contributed by atoms with van der Waals surface area (Å²) in [6.07, 6.45) is 4.55. The molecule has 238 valence electrons. The Morgan fingerprint density at radius 2 is 1.76 bits per heavy atom. The molecular formula is C33H30N2O10S. The van der Waals surface area contributed by atoms with E-state index in [1.807, 2.05) is 0 Å². The number of carbonyl (C=O) groups excluding carboxylic acids is 2. The number of carbonyl (C=O) groups is 3. The molecule has 0 bridgehead atoms. The van der Waals surface area contributed by atoms with Crippen LogP contribution in [0.25, 0.3) is 6.08 Å². The Labute approximate surface area is 266 Å². The summed E-state index contributed by atoms with van der Waals surface area (Å²) in [4.78, 5) is 53.5. The first-order valence-electron chi connectivity index (χ1n) is 13.7. The molecule has 0 spiro atoms. The lowest BCUT2D eigenvalue weighted by Gasteiger charge is -2.24. The minimum Gasteiger partial charge on any atom is -0.497 e. The van der Waals surface area contributed by atoms with E-state index in [1.165, 1.54) is 41.4 Å². The number of furan rings is 1. The molecule has 1 atom stereocenters. The topological polar surface area (TPSA) is 156 Å². The summed E-state index contributed by atoms with van der Waals surface area (Å²) in [5.74, 6) is -0.649. The van der Waals surface area contributed by atoms with E-state index >= 15 is 0 Å². The number of rotatable bonds is 9. The molecule has 1 aliphatic rings. The second-order valence-electron chi connectivity index (χ2n) is 9.53. The van der Waals surface area contributed by atoms with Crippen molar-refractivity contribution >= 4 is 35.3 Å². The lowest BCUT2D eigenvalue weighted by molar-refractivity contribution is -0.138. The maximum absolute atomic E-state index is 13.9. The maximum Gasteiger partial charge on any atom is 0.379 e. The molecule has 5 rings (SSSR count). The number of benzene rings is 2. The van der Waals surface area contributed by atoms with Crippen molar-refractivity contribution in [1.29, 1.82) is 0 Å². The van der Waals surface area contributed by atoms with Crippen molar-refractivity contribution < 1.29 is 42.9 Å². The molecule has 4 aromatic rings. The third-order valence-electron chi connectivity index (χ3n) is 6.43. The number of hydrogen-bond acceptors (Lipinski definition) is 11. The molecule has 46 heavy (non-hydrogen) atoms. The van der Waals surface area contributed by atoms with Gasteiger partial charge in [-0.05, 0) is 55.0 Å². The average molecular weight is 647 g/mol. The van der Waals surface area contributed by atoms with Crippen LogP contribution in [0.3, 0.4) is 0 Å². The molecule has 3 heterocycles. The fourth-order valence-electron chi connectivity index (χ4n) is 4.46. The maximum atomic E-state index is 13.9. The van der Waals surface area contributed by atoms with E-state index in [1.54, 1.807) is 68.6 Å². The molecule has 0 amide bonds. The molecule has 2 aromatic heterocycles. The third-order valence-corrected chi connectivity index (χ3v) is 7.41. The summed E-state index contributed by atoms with van der Waals surface area (Å²) >= 11 is 1.19. The third kappa shape index (κ3) is 7.50. The van der Waals surface area contributed by atoms with Crippen LogP contribution in [-0.2, 0) is 14.3 Å². The molecule has 2 aromatic carbocycles. The minimum absolute atomic E-state index is 0.00825. The van der Waals surface area contributed by atoms with Gasteiger partial charge >= 0.3 is 11.9 Å². The lowest BCUT2D eigenvalue weighted by atomic mass is 9.96. The number of ether oxygens (including phenoxy) is 4. The summed E-state index contributed by atoms with van der Waals surface area (Å²) in [7, 11) is 3.09. The number of carboxylic acid groups (broad SMARTS) is 1. The fraction of sp³-hybridized carbons (Fsp3) is 0.182. The van der Waals surface area contributed by atoms with Crippen LogP contribution >= 0.6 is 11.3 Å². The van der Waals surface area contributed by atoms with Crippen LogP contribution in [0.15, 0.2) is 99.0 Å². The second-order valence-corrected chi connectivity index (χ2v) is 10.5. The van der Waals surface area contributed by atoms with E-state index in [2.05, 4.69) is 11.6 Å². The highest BCUT2D eigenvalue weighted by Crippen LogP contribution is 2.32. The summed E-state index contributed by atoms with van der Waals surface area (Å²) < 4.78 is 28.5. The zero-order chi connectivity index (χ0) is 33.4. The Hall–Kier alpha value is -5.69. The number of thiazole rings is 1. The van der Waals surface area contributed by atoms with Crippen LogP contribution in [0.2, 0.25) is 0 Å². The Morgan fingerprint density at radius 3 is 2.37 bits per heavy atom. The van der Waals surface area contributed by atoms with Crippen molar-refractivity contribution in [3.8, 4) is 17.2 Å². The molecule has 1 unspecified atom stereocenters. The molecule has 0 radical (unpaired) electrons. The zero-order valence-electron chi connectivity index (χ0n) is 25.3. The van der Waals surface area contributed by atoms with Gasteiger partial charge in [-0.3, -0.25) is 14.2 Å². The minimum atomic E-state index is -0.853. The van der Waals surface area contributed by atoms with Gasteiger partial charge in [0, 0.05) is 18.6 Å². The van der Waals surface area contributed by atoms with Gasteiger partial charge in [0.1, 0.15) is 23.9 Å². The van der Waals surface area contributed by atoms with E-state index in [-0.39, 0.29) is 29.2 Å². The summed E-state index contributed by atoms with van der Waals surface area (Å²) in [6.45, 7) is 6.37. The monoisotopic (exact) mass is 646 g/mol. The highest BCUT2D eigenvalue weighted by Gasteiger charge is 2.33. The largest absolute Gasteiger partial charge is 0.497 e. The number of aliphatic carboxylic acids is 1. The van der Waals surface area contributed by atoms with Crippen LogP contribution in [-0.4, -0.2) is 48.4 Å². The van der Waals surface area contributed by atoms with Crippen molar-refractivity contribution in [2.75, 3.05) is 20.8 Å². The number of hydrogen-bond donors (Lipinski definition) is 1. The van der Waals surface area contributed by atoms with Crippen LogP contribution in [0, 0.1) is 0 Å². The van der Waals surface area contributed by atoms with Gasteiger partial charge in [0.2, 0.25) is 5.76 Å². The Morgan fingerprint density at radius 1 is 1.07 bits per heavy atom. The van der Waals surface area contributed by atoms with Crippen LogP contribution in [0.1, 0.15) is 41.6 Å². The lowest BCUT2D eigenvalue weighted by Crippen LogP contribution is -2.39. The summed E-state index contributed by atoms with van der Waals surface area (Å²) in [6, 6.07) is 14.0.